The molecule has 0 radical (unpaired) electrons. The maximum atomic E-state index is 13.6. The van der Waals surface area contributed by atoms with E-state index in [9.17, 15) is 14.7 Å². The predicted molar refractivity (Wildman–Crippen MR) is 163 cm³/mol. The lowest BCUT2D eigenvalue weighted by atomic mass is 9.82. The van der Waals surface area contributed by atoms with Crippen LogP contribution in [-0.2, 0) is 28.9 Å². The molecule has 0 spiro atoms. The van der Waals surface area contributed by atoms with Gasteiger partial charge in [0.15, 0.2) is 11.5 Å². The normalized spacial score (nSPS) is 19.8. The van der Waals surface area contributed by atoms with Gasteiger partial charge in [0.2, 0.25) is 12.7 Å². The van der Waals surface area contributed by atoms with Crippen LogP contribution in [0.4, 0.5) is 5.69 Å². The first-order chi connectivity index (χ1) is 20.3. The number of para-hydroxylation sites is 1. The number of fused-ring (bicyclic) bond motifs is 1. The summed E-state index contributed by atoms with van der Waals surface area (Å²) in [6, 6.07) is 19.5. The van der Waals surface area contributed by atoms with Gasteiger partial charge in [-0.1, -0.05) is 62.4 Å². The molecule has 2 N–H and O–H groups in total. The molecule has 8 nitrogen and oxygen atoms in total. The molecule has 222 valence electrons. The van der Waals surface area contributed by atoms with E-state index in [1.165, 1.54) is 5.56 Å². The van der Waals surface area contributed by atoms with Gasteiger partial charge in [0, 0.05) is 30.7 Å². The average molecular weight is 572 g/mol. The molecule has 3 aromatic rings. The molecule has 1 unspecified atom stereocenters. The van der Waals surface area contributed by atoms with E-state index in [1.807, 2.05) is 67.5 Å². The zero-order chi connectivity index (χ0) is 29.8. The number of ether oxygens (including phenoxy) is 2. The van der Waals surface area contributed by atoms with Gasteiger partial charge in [-0.2, -0.15) is 0 Å². The monoisotopic (exact) mass is 571 g/mol. The fraction of sp³-hybridized carbons (Fsp3) is 0.412. The zero-order valence-corrected chi connectivity index (χ0v) is 24.9. The van der Waals surface area contributed by atoms with Gasteiger partial charge in [-0.3, -0.25) is 14.5 Å². The van der Waals surface area contributed by atoms with Gasteiger partial charge < -0.3 is 24.8 Å². The van der Waals surface area contributed by atoms with Gasteiger partial charge in [-0.15, -0.1) is 0 Å². The minimum absolute atomic E-state index is 0.0824. The number of nitrogens with zero attached hydrogens (tertiary/aromatic N) is 2. The van der Waals surface area contributed by atoms with Crippen LogP contribution in [0.25, 0.3) is 0 Å². The molecule has 8 heteroatoms. The van der Waals surface area contributed by atoms with Crippen molar-refractivity contribution in [2.45, 2.75) is 45.1 Å². The summed E-state index contributed by atoms with van der Waals surface area (Å²) >= 11 is 0. The number of carboxylic acids is 1. The number of aliphatic carboxylic acids is 1. The van der Waals surface area contributed by atoms with Crippen molar-refractivity contribution in [3.8, 4) is 11.5 Å². The Labute approximate surface area is 248 Å². The number of hydrogen-bond acceptors (Lipinski definition) is 6. The molecular weight excluding hydrogens is 530 g/mol. The molecule has 1 fully saturated rings. The van der Waals surface area contributed by atoms with Crippen molar-refractivity contribution in [2.75, 3.05) is 45.8 Å². The van der Waals surface area contributed by atoms with Crippen LogP contribution in [0.15, 0.2) is 60.7 Å². The molecular formula is C34H41N3O5. The van der Waals surface area contributed by atoms with E-state index in [4.69, 9.17) is 9.47 Å². The first-order valence-corrected chi connectivity index (χ1v) is 14.8. The van der Waals surface area contributed by atoms with E-state index < -0.39 is 17.9 Å². The highest BCUT2D eigenvalue weighted by Crippen LogP contribution is 2.47. The summed E-state index contributed by atoms with van der Waals surface area (Å²) < 4.78 is 11.1. The maximum absolute atomic E-state index is 13.6. The summed E-state index contributed by atoms with van der Waals surface area (Å²) in [5, 5.41) is 13.8. The highest BCUT2D eigenvalue weighted by Gasteiger charge is 2.48. The first kappa shape index (κ1) is 29.6. The number of aryl methyl sites for hydroxylation is 2. The number of likely N-dealkylation sites (tertiary alicyclic amines) is 1. The van der Waals surface area contributed by atoms with Crippen molar-refractivity contribution in [3.05, 3.63) is 88.5 Å². The third-order valence-corrected chi connectivity index (χ3v) is 8.49. The molecule has 0 bridgehead atoms. The standard InChI is InChI=1S/C34H41N3O5/c1-5-23-8-7-9-24(6-2)32(23)35-30(38)20-37-19-27(26-14-15-28-29(18-26)42-21-41-28)31(34(39)40)33(37)25-12-10-22(11-13-25)16-17-36(3)4/h7-15,18,27,31,33H,5-6,16-17,19-21H2,1-4H3,(H,35,38)(H,39,40)/t27-,31?,33+/m1/s1. The summed E-state index contributed by atoms with van der Waals surface area (Å²) in [4.78, 5) is 30.7. The number of carbonyl (C=O) groups is 2. The van der Waals surface area contributed by atoms with Crippen molar-refractivity contribution >= 4 is 17.6 Å². The topological polar surface area (TPSA) is 91.3 Å². The summed E-state index contributed by atoms with van der Waals surface area (Å²) in [6.45, 7) is 5.75. The Morgan fingerprint density at radius 2 is 1.62 bits per heavy atom. The fourth-order valence-electron chi connectivity index (χ4n) is 6.27. The van der Waals surface area contributed by atoms with Gasteiger partial charge in [0.05, 0.1) is 12.5 Å². The largest absolute Gasteiger partial charge is 0.481 e. The van der Waals surface area contributed by atoms with Crippen LogP contribution in [0, 0.1) is 5.92 Å². The molecule has 0 aromatic heterocycles. The molecule has 1 amide bonds. The maximum Gasteiger partial charge on any atom is 0.309 e. The van der Waals surface area contributed by atoms with Crippen LogP contribution < -0.4 is 14.8 Å². The summed E-state index contributed by atoms with van der Waals surface area (Å²) in [5.41, 5.74) is 6.01. The van der Waals surface area contributed by atoms with Crippen LogP contribution in [0.5, 0.6) is 11.5 Å². The lowest BCUT2D eigenvalue weighted by Gasteiger charge is -2.27. The van der Waals surface area contributed by atoms with Gasteiger partial charge >= 0.3 is 5.97 Å². The van der Waals surface area contributed by atoms with Gasteiger partial charge in [-0.25, -0.2) is 0 Å². The second kappa shape index (κ2) is 13.0. The minimum Gasteiger partial charge on any atom is -0.481 e. The Morgan fingerprint density at radius 1 is 0.952 bits per heavy atom. The van der Waals surface area contributed by atoms with E-state index in [2.05, 4.69) is 36.2 Å². The Hall–Kier alpha value is -3.88. The van der Waals surface area contributed by atoms with Crippen LogP contribution in [0.3, 0.4) is 0 Å². The van der Waals surface area contributed by atoms with Crippen molar-refractivity contribution in [2.24, 2.45) is 5.92 Å². The number of amides is 1. The van der Waals surface area contributed by atoms with E-state index >= 15 is 0 Å². The molecule has 42 heavy (non-hydrogen) atoms. The number of nitrogens with one attached hydrogen (secondary N) is 1. The summed E-state index contributed by atoms with van der Waals surface area (Å²) in [6.07, 6.45) is 2.52. The SMILES string of the molecule is CCc1cccc(CC)c1NC(=O)CN1C[C@H](c2ccc3c(c2)OCO3)C(C(=O)O)[C@@H]1c1ccc(CCN(C)C)cc1. The zero-order valence-electron chi connectivity index (χ0n) is 24.9. The molecule has 2 aliphatic heterocycles. The summed E-state index contributed by atoms with van der Waals surface area (Å²) in [5.74, 6) is -0.832. The Balaban J connectivity index is 1.47. The van der Waals surface area contributed by atoms with Crippen LogP contribution >= 0.6 is 0 Å². The molecule has 1 saturated heterocycles. The van der Waals surface area contributed by atoms with Crippen molar-refractivity contribution in [1.29, 1.82) is 0 Å². The first-order valence-electron chi connectivity index (χ1n) is 14.8. The Morgan fingerprint density at radius 3 is 2.26 bits per heavy atom. The van der Waals surface area contributed by atoms with Crippen LogP contribution in [-0.4, -0.2) is 67.3 Å². The second-order valence-corrected chi connectivity index (χ2v) is 11.5. The van der Waals surface area contributed by atoms with Crippen LogP contribution in [0.1, 0.15) is 53.6 Å². The molecule has 5 rings (SSSR count). The number of benzene rings is 3. The summed E-state index contributed by atoms with van der Waals surface area (Å²) in [7, 11) is 4.10. The third kappa shape index (κ3) is 6.30. The fourth-order valence-corrected chi connectivity index (χ4v) is 6.27. The number of anilines is 1. The van der Waals surface area contributed by atoms with Crippen molar-refractivity contribution in [3.63, 3.8) is 0 Å². The highest BCUT2D eigenvalue weighted by atomic mass is 16.7. The van der Waals surface area contributed by atoms with Crippen molar-refractivity contribution < 1.29 is 24.2 Å². The van der Waals surface area contributed by atoms with Gasteiger partial charge in [0.1, 0.15) is 0 Å². The average Bonchev–Trinajstić information content (AvgIpc) is 3.61. The van der Waals surface area contributed by atoms with E-state index in [-0.39, 0.29) is 25.2 Å². The molecule has 3 atom stereocenters. The molecule has 2 heterocycles. The Kier molecular flexibility index (Phi) is 9.14. The van der Waals surface area contributed by atoms with Gasteiger partial charge in [0.25, 0.3) is 0 Å². The number of rotatable bonds is 11. The van der Waals surface area contributed by atoms with E-state index in [1.54, 1.807) is 0 Å². The number of carboxylic acid groups (broad SMARTS) is 1. The lowest BCUT2D eigenvalue weighted by Crippen LogP contribution is -2.35. The van der Waals surface area contributed by atoms with Crippen molar-refractivity contribution in [1.82, 2.24) is 9.80 Å². The molecule has 0 aliphatic carbocycles. The number of hydrogen-bond donors (Lipinski definition) is 2. The van der Waals surface area contributed by atoms with Gasteiger partial charge in [-0.05, 0) is 73.3 Å². The highest BCUT2D eigenvalue weighted by molar-refractivity contribution is 5.94. The minimum atomic E-state index is -0.883. The second-order valence-electron chi connectivity index (χ2n) is 11.5. The smallest absolute Gasteiger partial charge is 0.309 e. The lowest BCUT2D eigenvalue weighted by molar-refractivity contribution is -0.143. The van der Waals surface area contributed by atoms with E-state index in [0.717, 1.165) is 53.7 Å². The van der Waals surface area contributed by atoms with E-state index in [0.29, 0.717) is 18.0 Å². The quantitative estimate of drug-likeness (QED) is 0.330. The van der Waals surface area contributed by atoms with Crippen LogP contribution in [0.2, 0.25) is 0 Å². The predicted octanol–water partition coefficient (Wildman–Crippen LogP) is 5.12. The molecule has 3 aromatic carbocycles. The Bertz CT molecular complexity index is 1400. The molecule has 0 saturated carbocycles. The molecule has 2 aliphatic rings. The third-order valence-electron chi connectivity index (χ3n) is 8.49. The number of likely N-dealkylation sites (N-methyl/N-ethyl adjacent to an activating group) is 1. The number of carbonyl (C=O) groups excluding carboxylic acids is 1.